The van der Waals surface area contributed by atoms with Gasteiger partial charge in [-0.1, -0.05) is 17.8 Å². The summed E-state index contributed by atoms with van der Waals surface area (Å²) < 4.78 is 8.51. The van der Waals surface area contributed by atoms with Crippen LogP contribution in [0.2, 0.25) is 0 Å². The summed E-state index contributed by atoms with van der Waals surface area (Å²) in [6, 6.07) is 4.37. The Bertz CT molecular complexity index is 769. The van der Waals surface area contributed by atoms with Gasteiger partial charge in [0, 0.05) is 19.6 Å². The third-order valence-corrected chi connectivity index (χ3v) is 5.52. The average molecular weight is 318 g/mol. The topological polar surface area (TPSA) is 43.6 Å². The zero-order chi connectivity index (χ0) is 15.7. The Morgan fingerprint density at radius 2 is 2.09 bits per heavy atom. The molecule has 0 unspecified atom stereocenters. The molecule has 0 saturated heterocycles. The lowest BCUT2D eigenvalue weighted by Crippen LogP contribution is -2.25. The van der Waals surface area contributed by atoms with Gasteiger partial charge in [-0.25, -0.2) is 0 Å². The first-order valence-electron chi connectivity index (χ1n) is 7.78. The summed E-state index contributed by atoms with van der Waals surface area (Å²) in [5.74, 6) is 0.182. The average Bonchev–Trinajstić information content (AvgIpc) is 2.71. The van der Waals surface area contributed by atoms with E-state index in [9.17, 15) is 4.79 Å². The Morgan fingerprint density at radius 1 is 1.36 bits per heavy atom. The highest BCUT2D eigenvalue weighted by Crippen LogP contribution is 2.27. The first kappa shape index (κ1) is 15.4. The number of hydrogen-bond donors (Lipinski definition) is 0. The molecule has 1 aliphatic carbocycles. The fourth-order valence-electron chi connectivity index (χ4n) is 2.65. The smallest absolute Gasteiger partial charge is 0.251 e. The summed E-state index contributed by atoms with van der Waals surface area (Å²) in [5, 5.41) is 0. The summed E-state index contributed by atoms with van der Waals surface area (Å²) >= 11 is 1.60. The molecule has 1 heterocycles. The van der Waals surface area contributed by atoms with Crippen LogP contribution in [-0.2, 0) is 16.1 Å². The minimum absolute atomic E-state index is 0.0393. The molecule has 0 N–H and O–H groups in total. The van der Waals surface area contributed by atoms with Gasteiger partial charge in [0.1, 0.15) is 0 Å². The van der Waals surface area contributed by atoms with E-state index in [-0.39, 0.29) is 11.8 Å². The number of carbonyl (C=O) groups is 1. The van der Waals surface area contributed by atoms with E-state index >= 15 is 0 Å². The van der Waals surface area contributed by atoms with Crippen molar-refractivity contribution in [3.63, 3.8) is 0 Å². The summed E-state index contributed by atoms with van der Waals surface area (Å²) in [6.45, 7) is 5.56. The Kier molecular flexibility index (Phi) is 4.45. The van der Waals surface area contributed by atoms with Gasteiger partial charge < -0.3 is 9.30 Å². The number of ether oxygens (including phenoxy) is 1. The number of nitrogens with zero attached hydrogens (tertiary/aromatic N) is 2. The maximum absolute atomic E-state index is 12.2. The molecule has 118 valence electrons. The molecule has 2 aromatic rings. The molecule has 4 nitrogen and oxygen atoms in total. The number of rotatable bonds is 4. The monoisotopic (exact) mass is 318 g/mol. The van der Waals surface area contributed by atoms with Crippen molar-refractivity contribution < 1.29 is 9.53 Å². The number of fused-ring (bicyclic) bond motifs is 1. The van der Waals surface area contributed by atoms with Crippen molar-refractivity contribution in [2.24, 2.45) is 10.9 Å². The molecule has 1 aliphatic rings. The van der Waals surface area contributed by atoms with Crippen molar-refractivity contribution in [2.75, 3.05) is 13.7 Å². The van der Waals surface area contributed by atoms with Crippen LogP contribution < -0.4 is 4.80 Å². The second-order valence-electron chi connectivity index (χ2n) is 6.01. The molecule has 22 heavy (non-hydrogen) atoms. The third-order valence-electron chi connectivity index (χ3n) is 4.48. The molecule has 1 amide bonds. The molecule has 0 radical (unpaired) electrons. The van der Waals surface area contributed by atoms with Crippen LogP contribution in [0, 0.1) is 19.8 Å². The zero-order valence-corrected chi connectivity index (χ0v) is 14.2. The molecule has 1 fully saturated rings. The van der Waals surface area contributed by atoms with E-state index in [1.165, 1.54) is 15.8 Å². The predicted molar refractivity (Wildman–Crippen MR) is 89.1 cm³/mol. The van der Waals surface area contributed by atoms with Crippen LogP contribution in [0.4, 0.5) is 0 Å². The van der Waals surface area contributed by atoms with E-state index in [2.05, 4.69) is 35.5 Å². The quantitative estimate of drug-likeness (QED) is 0.869. The number of aromatic nitrogens is 1. The Balaban J connectivity index is 2.10. The number of methoxy groups -OCH3 is 1. The fraction of sp³-hybridized carbons (Fsp3) is 0.529. The van der Waals surface area contributed by atoms with Crippen LogP contribution in [0.5, 0.6) is 0 Å². The summed E-state index contributed by atoms with van der Waals surface area (Å²) in [4.78, 5) is 17.4. The molecule has 1 aromatic carbocycles. The lowest BCUT2D eigenvalue weighted by molar-refractivity contribution is -0.124. The molecule has 0 bridgehead atoms. The number of amides is 1. The van der Waals surface area contributed by atoms with Crippen molar-refractivity contribution in [3.8, 4) is 0 Å². The van der Waals surface area contributed by atoms with Crippen molar-refractivity contribution >= 4 is 27.5 Å². The van der Waals surface area contributed by atoms with Crippen LogP contribution in [0.3, 0.4) is 0 Å². The van der Waals surface area contributed by atoms with Gasteiger partial charge >= 0.3 is 0 Å². The minimum Gasteiger partial charge on any atom is -0.383 e. The van der Waals surface area contributed by atoms with Gasteiger partial charge in [0.15, 0.2) is 4.80 Å². The van der Waals surface area contributed by atoms with Crippen LogP contribution in [0.1, 0.15) is 30.4 Å². The van der Waals surface area contributed by atoms with Crippen LogP contribution >= 0.6 is 11.3 Å². The largest absolute Gasteiger partial charge is 0.383 e. The van der Waals surface area contributed by atoms with Gasteiger partial charge in [-0.05, 0) is 49.9 Å². The highest BCUT2D eigenvalue weighted by Gasteiger charge is 2.25. The predicted octanol–water partition coefficient (Wildman–Crippen LogP) is 3.19. The summed E-state index contributed by atoms with van der Waals surface area (Å²) in [5.41, 5.74) is 3.67. The SMILES string of the molecule is COCCn1c(=NC(=O)C2CCC2)sc2cc(C)c(C)cc21. The third kappa shape index (κ3) is 2.88. The second-order valence-corrected chi connectivity index (χ2v) is 7.02. The highest BCUT2D eigenvalue weighted by atomic mass is 32.1. The number of aryl methyl sites for hydroxylation is 2. The molecule has 1 aromatic heterocycles. The lowest BCUT2D eigenvalue weighted by Gasteiger charge is -2.20. The number of benzene rings is 1. The first-order chi connectivity index (χ1) is 10.6. The second kappa shape index (κ2) is 6.34. The maximum atomic E-state index is 12.2. The molecule has 3 rings (SSSR count). The van der Waals surface area contributed by atoms with E-state index in [0.717, 1.165) is 36.1 Å². The number of hydrogen-bond acceptors (Lipinski definition) is 3. The molecule has 0 spiro atoms. The summed E-state index contributed by atoms with van der Waals surface area (Å²) in [7, 11) is 1.70. The van der Waals surface area contributed by atoms with Gasteiger partial charge in [-0.15, -0.1) is 0 Å². The molecule has 0 atom stereocenters. The Labute approximate surface area is 134 Å². The Hall–Kier alpha value is -1.46. The number of thiazole rings is 1. The Morgan fingerprint density at radius 3 is 2.73 bits per heavy atom. The van der Waals surface area contributed by atoms with E-state index in [0.29, 0.717) is 6.61 Å². The van der Waals surface area contributed by atoms with Crippen molar-refractivity contribution in [3.05, 3.63) is 28.1 Å². The molecular formula is C17H22N2O2S. The van der Waals surface area contributed by atoms with Crippen molar-refractivity contribution in [1.82, 2.24) is 4.57 Å². The van der Waals surface area contributed by atoms with Crippen molar-refractivity contribution in [1.29, 1.82) is 0 Å². The molecule has 5 heteroatoms. The molecule has 1 saturated carbocycles. The van der Waals surface area contributed by atoms with Gasteiger partial charge in [-0.2, -0.15) is 4.99 Å². The maximum Gasteiger partial charge on any atom is 0.251 e. The van der Waals surface area contributed by atoms with Gasteiger partial charge in [0.25, 0.3) is 5.91 Å². The highest BCUT2D eigenvalue weighted by molar-refractivity contribution is 7.16. The van der Waals surface area contributed by atoms with E-state index in [1.807, 2.05) is 0 Å². The van der Waals surface area contributed by atoms with E-state index < -0.39 is 0 Å². The zero-order valence-electron chi connectivity index (χ0n) is 13.4. The van der Waals surface area contributed by atoms with Gasteiger partial charge in [0.2, 0.25) is 0 Å². The normalized spacial score (nSPS) is 16.2. The summed E-state index contributed by atoms with van der Waals surface area (Å²) in [6.07, 6.45) is 3.13. The molecular weight excluding hydrogens is 296 g/mol. The van der Waals surface area contributed by atoms with E-state index in [4.69, 9.17) is 4.74 Å². The lowest BCUT2D eigenvalue weighted by atomic mass is 9.85. The van der Waals surface area contributed by atoms with Gasteiger partial charge in [-0.3, -0.25) is 4.79 Å². The van der Waals surface area contributed by atoms with Gasteiger partial charge in [0.05, 0.1) is 16.8 Å². The number of carbonyl (C=O) groups excluding carboxylic acids is 1. The standard InChI is InChI=1S/C17H22N2O2S/c1-11-9-14-15(10-12(11)2)22-17(19(14)7-8-21-3)18-16(20)13-5-4-6-13/h9-10,13H,4-8H2,1-3H3. The van der Waals surface area contributed by atoms with Crippen molar-refractivity contribution in [2.45, 2.75) is 39.7 Å². The molecule has 0 aliphatic heterocycles. The fourth-order valence-corrected chi connectivity index (χ4v) is 3.79. The van der Waals surface area contributed by atoms with Crippen LogP contribution in [0.25, 0.3) is 10.2 Å². The van der Waals surface area contributed by atoms with Crippen LogP contribution in [0.15, 0.2) is 17.1 Å². The van der Waals surface area contributed by atoms with E-state index in [1.54, 1.807) is 18.4 Å². The minimum atomic E-state index is 0.0393. The first-order valence-corrected chi connectivity index (χ1v) is 8.60. The van der Waals surface area contributed by atoms with Crippen LogP contribution in [-0.4, -0.2) is 24.2 Å².